The van der Waals surface area contributed by atoms with E-state index in [9.17, 15) is 9.59 Å². The monoisotopic (exact) mass is 543 g/mol. The molecule has 0 saturated carbocycles. The lowest BCUT2D eigenvalue weighted by molar-refractivity contribution is -0.147. The predicted molar refractivity (Wildman–Crippen MR) is 159 cm³/mol. The van der Waals surface area contributed by atoms with Crippen LogP contribution in [-0.4, -0.2) is 34.9 Å². The van der Waals surface area contributed by atoms with Gasteiger partial charge in [-0.3, -0.25) is 9.59 Å². The van der Waals surface area contributed by atoms with E-state index in [0.29, 0.717) is 6.61 Å². The van der Waals surface area contributed by atoms with Gasteiger partial charge in [0.15, 0.2) is 0 Å². The smallest absolute Gasteiger partial charge is 0.302 e. The molecule has 0 aliphatic rings. The zero-order valence-corrected chi connectivity index (χ0v) is 25.5. The Balaban J connectivity index is 1.86. The van der Waals surface area contributed by atoms with Crippen molar-refractivity contribution in [3.63, 3.8) is 0 Å². The number of rotatable bonds is 25. The predicted octanol–water partition coefficient (Wildman–Crippen LogP) is 9.19. The van der Waals surface area contributed by atoms with Crippen molar-refractivity contribution in [1.82, 2.24) is 0 Å². The molecular weight excluding hydrogens is 488 g/mol. The van der Waals surface area contributed by atoms with Crippen LogP contribution in [0.1, 0.15) is 153 Å². The topological polar surface area (TPSA) is 52.6 Å². The van der Waals surface area contributed by atoms with E-state index in [0.717, 1.165) is 24.8 Å². The van der Waals surface area contributed by atoms with Gasteiger partial charge in [-0.05, 0) is 24.8 Å². The average Bonchev–Trinajstić information content (AvgIpc) is 2.90. The van der Waals surface area contributed by atoms with Crippen LogP contribution in [0.2, 0.25) is 0 Å². The van der Waals surface area contributed by atoms with Gasteiger partial charge in [0.2, 0.25) is 0 Å². The highest BCUT2D eigenvalue weighted by Gasteiger charge is 2.21. The third kappa shape index (κ3) is 20.4. The first-order valence-corrected chi connectivity index (χ1v) is 16.1. The zero-order chi connectivity index (χ0) is 27.7. The van der Waals surface area contributed by atoms with Crippen LogP contribution in [0.15, 0.2) is 30.3 Å². The summed E-state index contributed by atoms with van der Waals surface area (Å²) in [6, 6.07) is 10.2. The molecule has 0 heterocycles. The van der Waals surface area contributed by atoms with Gasteiger partial charge in [0.05, 0.1) is 6.61 Å². The number of ether oxygens (including phenoxy) is 2. The van der Waals surface area contributed by atoms with Crippen LogP contribution in [0.5, 0.6) is 0 Å². The van der Waals surface area contributed by atoms with Crippen LogP contribution in [0.25, 0.3) is 0 Å². The van der Waals surface area contributed by atoms with Gasteiger partial charge in [0.1, 0.15) is 6.10 Å². The summed E-state index contributed by atoms with van der Waals surface area (Å²) in [5, 5.41) is 0. The molecule has 1 rings (SSSR count). The van der Waals surface area contributed by atoms with Crippen LogP contribution in [0, 0.1) is 0 Å². The number of hydrogen-bond donors (Lipinski definition) is 0. The number of unbranched alkanes of at least 4 members (excludes halogenated alkanes) is 18. The van der Waals surface area contributed by atoms with Crippen LogP contribution in [0.3, 0.4) is 0 Å². The molecule has 0 N–H and O–H groups in total. The maximum absolute atomic E-state index is 11.6. The summed E-state index contributed by atoms with van der Waals surface area (Å²) >= 11 is 0. The molecule has 2 unspecified atom stereocenters. The van der Waals surface area contributed by atoms with Crippen LogP contribution in [0.4, 0.5) is 0 Å². The van der Waals surface area contributed by atoms with Gasteiger partial charge in [-0.2, -0.15) is 0 Å². The first-order valence-electron chi connectivity index (χ1n) is 15.6. The molecule has 0 fully saturated rings. The molecule has 38 heavy (non-hydrogen) atoms. The molecule has 0 aliphatic carbocycles. The third-order valence-corrected chi connectivity index (χ3v) is 7.99. The number of carbonyl (C=O) groups is 2. The van der Waals surface area contributed by atoms with E-state index in [1.54, 1.807) is 0 Å². The molecule has 0 bridgehead atoms. The molecule has 2 atom stereocenters. The highest BCUT2D eigenvalue weighted by molar-refractivity contribution is 6.13. The van der Waals surface area contributed by atoms with Gasteiger partial charge >= 0.3 is 11.9 Å². The zero-order valence-electron chi connectivity index (χ0n) is 24.5. The fourth-order valence-electron chi connectivity index (χ4n) is 5.05. The Kier molecular flexibility index (Phi) is 22.1. The van der Waals surface area contributed by atoms with Crippen LogP contribution in [-0.2, 0) is 19.1 Å². The van der Waals surface area contributed by atoms with Gasteiger partial charge in [-0.15, -0.1) is 0 Å². The van der Waals surface area contributed by atoms with E-state index in [-0.39, 0.29) is 23.6 Å². The Morgan fingerprint density at radius 1 is 0.605 bits per heavy atom. The van der Waals surface area contributed by atoms with Crippen molar-refractivity contribution >= 4 is 22.2 Å². The molecular formula is C33H55O4Si. The largest absolute Gasteiger partial charge is 0.466 e. The van der Waals surface area contributed by atoms with Crippen molar-refractivity contribution < 1.29 is 19.1 Å². The summed E-state index contributed by atoms with van der Waals surface area (Å²) in [4.78, 5) is 22.3. The van der Waals surface area contributed by atoms with Gasteiger partial charge in [-0.1, -0.05) is 139 Å². The van der Waals surface area contributed by atoms with E-state index < -0.39 is 0 Å². The summed E-state index contributed by atoms with van der Waals surface area (Å²) in [5.41, 5.74) is 1.20. The fraction of sp³-hybridized carbons (Fsp3) is 0.758. The number of benzene rings is 1. The van der Waals surface area contributed by atoms with Gasteiger partial charge in [-0.25, -0.2) is 0 Å². The van der Waals surface area contributed by atoms with Crippen LogP contribution >= 0.6 is 0 Å². The van der Waals surface area contributed by atoms with Crippen molar-refractivity contribution in [1.29, 1.82) is 0 Å². The quantitative estimate of drug-likeness (QED) is 0.0700. The van der Waals surface area contributed by atoms with Crippen molar-refractivity contribution in [3.8, 4) is 0 Å². The summed E-state index contributed by atoms with van der Waals surface area (Å²) in [7, 11) is 3.81. The number of esters is 2. The first kappa shape index (κ1) is 34.4. The van der Waals surface area contributed by atoms with Crippen molar-refractivity contribution in [2.75, 3.05) is 6.61 Å². The molecule has 4 nitrogen and oxygen atoms in total. The van der Waals surface area contributed by atoms with E-state index in [2.05, 4.69) is 22.4 Å². The second kappa shape index (κ2) is 24.4. The molecule has 0 amide bonds. The molecule has 0 saturated heterocycles. The summed E-state index contributed by atoms with van der Waals surface area (Å²) in [6.07, 6.45) is 25.7. The molecule has 215 valence electrons. The highest BCUT2D eigenvalue weighted by atomic mass is 28.1. The minimum absolute atomic E-state index is 0.0434. The summed E-state index contributed by atoms with van der Waals surface area (Å²) in [5.74, 6) is -0.365. The first-order chi connectivity index (χ1) is 18.5. The molecule has 1 aromatic rings. The summed E-state index contributed by atoms with van der Waals surface area (Å²) in [6.45, 7) is 3.56. The lowest BCUT2D eigenvalue weighted by Crippen LogP contribution is -2.25. The maximum Gasteiger partial charge on any atom is 0.302 e. The second-order valence-electron chi connectivity index (χ2n) is 10.9. The molecule has 0 spiro atoms. The lowest BCUT2D eigenvalue weighted by atomic mass is 10.00. The average molecular weight is 544 g/mol. The van der Waals surface area contributed by atoms with Crippen molar-refractivity contribution in [3.05, 3.63) is 35.9 Å². The van der Waals surface area contributed by atoms with Crippen LogP contribution < -0.4 is 0 Å². The number of carbonyl (C=O) groups excluding carboxylic acids is 2. The third-order valence-electron chi connectivity index (χ3n) is 7.29. The summed E-state index contributed by atoms with van der Waals surface area (Å²) < 4.78 is 10.6. The van der Waals surface area contributed by atoms with E-state index in [1.807, 2.05) is 18.2 Å². The normalized spacial score (nSPS) is 12.7. The van der Waals surface area contributed by atoms with Crippen molar-refractivity contribution in [2.45, 2.75) is 154 Å². The van der Waals surface area contributed by atoms with E-state index >= 15 is 0 Å². The molecule has 5 heteroatoms. The van der Waals surface area contributed by atoms with Gasteiger partial charge in [0, 0.05) is 29.6 Å². The Hall–Kier alpha value is -1.62. The Bertz CT molecular complexity index is 693. The fourth-order valence-corrected chi connectivity index (χ4v) is 5.48. The maximum atomic E-state index is 11.6. The minimum atomic E-state index is -0.202. The number of hydrogen-bond acceptors (Lipinski definition) is 4. The SMILES string of the molecule is CC(=O)OCCCCCCCCCCCCCCCCCCCCCC(OC(C)=O)C([Si])c1ccccc1. The molecule has 3 radical (unpaired) electrons. The standard InChI is InChI=1S/C33H55O4Si/c1-29(34)36-28-24-19-17-15-13-11-9-7-5-3-4-6-8-10-12-14-16-18-23-27-32(37-30(2)35)33(38)31-25-21-20-22-26-31/h20-22,25-26,32-33H,3-19,23-24,27-28H2,1-2H3. The molecule has 0 aliphatic heterocycles. The highest BCUT2D eigenvalue weighted by Crippen LogP contribution is 2.24. The van der Waals surface area contributed by atoms with E-state index in [4.69, 9.17) is 9.47 Å². The van der Waals surface area contributed by atoms with Gasteiger partial charge < -0.3 is 9.47 Å². The Labute approximate surface area is 237 Å². The molecule has 1 aromatic carbocycles. The Morgan fingerprint density at radius 3 is 1.39 bits per heavy atom. The van der Waals surface area contributed by atoms with Crippen molar-refractivity contribution in [2.24, 2.45) is 0 Å². The Morgan fingerprint density at radius 2 is 1.00 bits per heavy atom. The van der Waals surface area contributed by atoms with E-state index in [1.165, 1.54) is 123 Å². The molecule has 0 aromatic heterocycles. The minimum Gasteiger partial charge on any atom is -0.466 e. The second-order valence-corrected chi connectivity index (χ2v) is 11.5. The van der Waals surface area contributed by atoms with Gasteiger partial charge in [0.25, 0.3) is 0 Å². The lowest BCUT2D eigenvalue weighted by Gasteiger charge is -2.24.